The Morgan fingerprint density at radius 3 is 2.25 bits per heavy atom. The van der Waals surface area contributed by atoms with Crippen molar-refractivity contribution >= 4 is 15.9 Å². The molecule has 0 amide bonds. The number of methoxy groups -OCH3 is 1. The molecule has 0 saturated heterocycles. The zero-order valence-electron chi connectivity index (χ0n) is 11.7. The molecule has 0 aliphatic heterocycles. The highest BCUT2D eigenvalue weighted by Gasteiger charge is 2.16. The highest BCUT2D eigenvalue weighted by atomic mass is 79.9. The predicted molar refractivity (Wildman–Crippen MR) is 82.6 cm³/mol. The Hall–Kier alpha value is -1.39. The molecule has 0 fully saturated rings. The first-order valence-corrected chi connectivity index (χ1v) is 7.09. The number of ether oxygens (including phenoxy) is 1. The van der Waals surface area contributed by atoms with Gasteiger partial charge in [-0.3, -0.25) is 0 Å². The Morgan fingerprint density at radius 2 is 1.75 bits per heavy atom. The van der Waals surface area contributed by atoms with E-state index in [4.69, 9.17) is 10.5 Å². The fraction of sp³-hybridized carbons (Fsp3) is 0.250. The van der Waals surface area contributed by atoms with Crippen molar-refractivity contribution in [2.24, 2.45) is 5.73 Å². The summed E-state index contributed by atoms with van der Waals surface area (Å²) in [6, 6.07) is 8.21. The summed E-state index contributed by atoms with van der Waals surface area (Å²) in [5, 5.41) is 0. The fourth-order valence-corrected chi connectivity index (χ4v) is 2.45. The van der Waals surface area contributed by atoms with Crippen molar-refractivity contribution in [3.05, 3.63) is 62.9 Å². The minimum Gasteiger partial charge on any atom is -0.497 e. The molecule has 4 heteroatoms. The van der Waals surface area contributed by atoms with Crippen molar-refractivity contribution in [2.45, 2.75) is 19.9 Å². The molecule has 2 aromatic carbocycles. The smallest absolute Gasteiger partial charge is 0.132 e. The SMILES string of the molecule is COc1ccc(C(N)c2cc(C)c(Br)c(C)c2)c(F)c1. The van der Waals surface area contributed by atoms with Gasteiger partial charge in [-0.2, -0.15) is 0 Å². The Morgan fingerprint density at radius 1 is 1.15 bits per heavy atom. The van der Waals surface area contributed by atoms with Gasteiger partial charge in [-0.15, -0.1) is 0 Å². The van der Waals surface area contributed by atoms with Crippen molar-refractivity contribution < 1.29 is 9.13 Å². The molecule has 106 valence electrons. The zero-order chi connectivity index (χ0) is 14.9. The molecular formula is C16H17BrFNO. The van der Waals surface area contributed by atoms with E-state index >= 15 is 0 Å². The molecule has 0 aliphatic rings. The van der Waals surface area contributed by atoms with Crippen LogP contribution in [0.3, 0.4) is 0 Å². The molecule has 2 aromatic rings. The number of aryl methyl sites for hydroxylation is 2. The molecule has 1 atom stereocenters. The topological polar surface area (TPSA) is 35.2 Å². The van der Waals surface area contributed by atoms with Gasteiger partial charge in [0.15, 0.2) is 0 Å². The summed E-state index contributed by atoms with van der Waals surface area (Å²) in [4.78, 5) is 0. The predicted octanol–water partition coefficient (Wildman–Crippen LogP) is 4.26. The molecule has 2 N–H and O–H groups in total. The van der Waals surface area contributed by atoms with Crippen LogP contribution in [0.2, 0.25) is 0 Å². The molecule has 1 unspecified atom stereocenters. The van der Waals surface area contributed by atoms with Gasteiger partial charge in [-0.25, -0.2) is 4.39 Å². The van der Waals surface area contributed by atoms with Gasteiger partial charge >= 0.3 is 0 Å². The first-order chi connectivity index (χ1) is 9.43. The summed E-state index contributed by atoms with van der Waals surface area (Å²) >= 11 is 3.52. The third-order valence-electron chi connectivity index (χ3n) is 3.36. The van der Waals surface area contributed by atoms with E-state index in [0.29, 0.717) is 11.3 Å². The van der Waals surface area contributed by atoms with E-state index < -0.39 is 6.04 Å². The lowest BCUT2D eigenvalue weighted by molar-refractivity contribution is 0.410. The van der Waals surface area contributed by atoms with Crippen molar-refractivity contribution in [2.75, 3.05) is 7.11 Å². The minimum absolute atomic E-state index is 0.352. The molecule has 0 spiro atoms. The van der Waals surface area contributed by atoms with E-state index in [-0.39, 0.29) is 5.82 Å². The maximum atomic E-state index is 14.1. The average Bonchev–Trinajstić information content (AvgIpc) is 2.43. The van der Waals surface area contributed by atoms with Crippen LogP contribution in [0.5, 0.6) is 5.75 Å². The maximum absolute atomic E-state index is 14.1. The zero-order valence-corrected chi connectivity index (χ0v) is 13.3. The highest BCUT2D eigenvalue weighted by Crippen LogP contribution is 2.29. The number of rotatable bonds is 3. The second-order valence-corrected chi connectivity index (χ2v) is 5.63. The van der Waals surface area contributed by atoms with Crippen molar-refractivity contribution in [1.82, 2.24) is 0 Å². The molecule has 2 nitrogen and oxygen atoms in total. The largest absolute Gasteiger partial charge is 0.497 e. The van der Waals surface area contributed by atoms with Crippen molar-refractivity contribution in [1.29, 1.82) is 0 Å². The van der Waals surface area contributed by atoms with Crippen LogP contribution >= 0.6 is 15.9 Å². The van der Waals surface area contributed by atoms with Gasteiger partial charge in [0.05, 0.1) is 13.2 Å². The fourth-order valence-electron chi connectivity index (χ4n) is 2.23. The lowest BCUT2D eigenvalue weighted by Crippen LogP contribution is -2.14. The van der Waals surface area contributed by atoms with Gasteiger partial charge in [-0.1, -0.05) is 34.1 Å². The van der Waals surface area contributed by atoms with Crippen LogP contribution in [0.4, 0.5) is 4.39 Å². The second kappa shape index (κ2) is 5.94. The van der Waals surface area contributed by atoms with Gasteiger partial charge in [0, 0.05) is 16.1 Å². The summed E-state index contributed by atoms with van der Waals surface area (Å²) in [6.45, 7) is 4.00. The second-order valence-electron chi connectivity index (χ2n) is 4.83. The maximum Gasteiger partial charge on any atom is 0.132 e. The first kappa shape index (κ1) is 15.0. The van der Waals surface area contributed by atoms with Crippen molar-refractivity contribution in [3.63, 3.8) is 0 Å². The molecule has 0 radical (unpaired) electrons. The van der Waals surface area contributed by atoms with Crippen LogP contribution in [0, 0.1) is 19.7 Å². The van der Waals surface area contributed by atoms with Crippen LogP contribution < -0.4 is 10.5 Å². The average molecular weight is 338 g/mol. The lowest BCUT2D eigenvalue weighted by atomic mass is 9.96. The number of halogens is 2. The van der Waals surface area contributed by atoms with Crippen LogP contribution in [0.1, 0.15) is 28.3 Å². The Labute approximate surface area is 126 Å². The highest BCUT2D eigenvalue weighted by molar-refractivity contribution is 9.10. The monoisotopic (exact) mass is 337 g/mol. The molecule has 2 rings (SSSR count). The molecule has 0 bridgehead atoms. The molecular weight excluding hydrogens is 321 g/mol. The molecule has 0 saturated carbocycles. The number of hydrogen-bond donors (Lipinski definition) is 1. The van der Waals surface area contributed by atoms with E-state index in [1.165, 1.54) is 13.2 Å². The van der Waals surface area contributed by atoms with E-state index in [1.807, 2.05) is 26.0 Å². The standard InChI is InChI=1S/C16H17BrFNO/c1-9-6-11(7-10(2)15(9)17)16(19)13-5-4-12(20-3)8-14(13)18/h4-8,16H,19H2,1-3H3. The number of hydrogen-bond acceptors (Lipinski definition) is 2. The summed E-state index contributed by atoms with van der Waals surface area (Å²) in [5.41, 5.74) is 9.74. The van der Waals surface area contributed by atoms with Crippen LogP contribution in [0.15, 0.2) is 34.8 Å². The third kappa shape index (κ3) is 2.86. The minimum atomic E-state index is -0.494. The summed E-state index contributed by atoms with van der Waals surface area (Å²) in [6.07, 6.45) is 0. The molecule has 20 heavy (non-hydrogen) atoms. The normalized spacial score (nSPS) is 12.3. The van der Waals surface area contributed by atoms with Gasteiger partial charge < -0.3 is 10.5 Å². The van der Waals surface area contributed by atoms with Gasteiger partial charge in [0.25, 0.3) is 0 Å². The summed E-state index contributed by atoms with van der Waals surface area (Å²) < 4.78 is 20.1. The van der Waals surface area contributed by atoms with Gasteiger partial charge in [0.2, 0.25) is 0 Å². The van der Waals surface area contributed by atoms with Crippen molar-refractivity contribution in [3.8, 4) is 5.75 Å². The third-order valence-corrected chi connectivity index (χ3v) is 4.61. The first-order valence-electron chi connectivity index (χ1n) is 6.29. The quantitative estimate of drug-likeness (QED) is 0.907. The van der Waals surface area contributed by atoms with E-state index in [2.05, 4.69) is 15.9 Å². The van der Waals surface area contributed by atoms with Crippen LogP contribution in [-0.4, -0.2) is 7.11 Å². The summed E-state index contributed by atoms with van der Waals surface area (Å²) in [7, 11) is 1.51. The van der Waals surface area contributed by atoms with Gasteiger partial charge in [-0.05, 0) is 36.6 Å². The Balaban J connectivity index is 2.43. The van der Waals surface area contributed by atoms with Gasteiger partial charge in [0.1, 0.15) is 11.6 Å². The lowest BCUT2D eigenvalue weighted by Gasteiger charge is -2.16. The van der Waals surface area contributed by atoms with E-state index in [1.54, 1.807) is 12.1 Å². The van der Waals surface area contributed by atoms with E-state index in [9.17, 15) is 4.39 Å². The molecule has 0 heterocycles. The van der Waals surface area contributed by atoms with E-state index in [0.717, 1.165) is 21.2 Å². The Kier molecular flexibility index (Phi) is 4.45. The molecule has 0 aliphatic carbocycles. The molecule has 0 aromatic heterocycles. The Bertz CT molecular complexity index is 619. The number of nitrogens with two attached hydrogens (primary N) is 1. The van der Waals surface area contributed by atoms with Crippen LogP contribution in [-0.2, 0) is 0 Å². The summed E-state index contributed by atoms with van der Waals surface area (Å²) in [5.74, 6) is 0.136. The number of benzene rings is 2. The van der Waals surface area contributed by atoms with Crippen LogP contribution in [0.25, 0.3) is 0 Å².